The summed E-state index contributed by atoms with van der Waals surface area (Å²) < 4.78 is 4.85. The van der Waals surface area contributed by atoms with Crippen molar-refractivity contribution in [1.29, 1.82) is 0 Å². The molecule has 0 aliphatic rings. The molecule has 0 aliphatic carbocycles. The third kappa shape index (κ3) is 4.95. The fourth-order valence-electron chi connectivity index (χ4n) is 7.96. The molecule has 2 aromatic heterocycles. The van der Waals surface area contributed by atoms with E-state index in [9.17, 15) is 0 Å². The summed E-state index contributed by atoms with van der Waals surface area (Å²) in [4.78, 5) is 0. The number of nitrogens with zero attached hydrogens (tertiary/aromatic N) is 2. The molecule has 52 heavy (non-hydrogen) atoms. The van der Waals surface area contributed by atoms with Gasteiger partial charge < -0.3 is 9.13 Å². The van der Waals surface area contributed by atoms with Gasteiger partial charge in [-0.2, -0.15) is 0 Å². The zero-order valence-electron chi connectivity index (χ0n) is 29.2. The lowest BCUT2D eigenvalue weighted by atomic mass is 9.99. The molecule has 246 valence electrons. The van der Waals surface area contributed by atoms with E-state index in [4.69, 9.17) is 0 Å². The van der Waals surface area contributed by atoms with Gasteiger partial charge in [0.25, 0.3) is 0 Å². The van der Waals surface area contributed by atoms with Crippen LogP contribution in [0.4, 0.5) is 0 Å². The van der Waals surface area contributed by atoms with Gasteiger partial charge in [0.05, 0.1) is 22.1 Å². The lowest BCUT2D eigenvalue weighted by Crippen LogP contribution is -1.96. The summed E-state index contributed by atoms with van der Waals surface area (Å²) in [6.07, 6.45) is 0. The summed E-state index contributed by atoms with van der Waals surface area (Å²) in [5.41, 5.74) is 17.0. The normalized spacial score (nSPS) is 11.7. The number of fused-ring (bicyclic) bond motifs is 6. The maximum absolute atomic E-state index is 2.45. The molecule has 0 spiro atoms. The SMILES string of the molecule is Cc1ccc(-c2ccc3c(c2)c2cc(-c4ccc(C)cc4)ccc2n3-c2ccc3c(c2)c2ccccc2n3-c2ccc(-c3ccccc3)cc2)cc1. The van der Waals surface area contributed by atoms with Crippen LogP contribution in [0.2, 0.25) is 0 Å². The van der Waals surface area contributed by atoms with Crippen molar-refractivity contribution in [2.75, 3.05) is 0 Å². The van der Waals surface area contributed by atoms with Crippen LogP contribution in [0.15, 0.2) is 182 Å². The fourth-order valence-corrected chi connectivity index (χ4v) is 7.96. The van der Waals surface area contributed by atoms with Crippen LogP contribution in [0.1, 0.15) is 11.1 Å². The van der Waals surface area contributed by atoms with E-state index in [2.05, 4.69) is 205 Å². The molecule has 10 aromatic rings. The summed E-state index contributed by atoms with van der Waals surface area (Å²) in [6, 6.07) is 66.9. The van der Waals surface area contributed by atoms with Crippen LogP contribution in [-0.4, -0.2) is 9.13 Å². The summed E-state index contributed by atoms with van der Waals surface area (Å²) in [5, 5.41) is 4.99. The van der Waals surface area contributed by atoms with E-state index in [1.54, 1.807) is 0 Å². The maximum Gasteiger partial charge on any atom is 0.0542 e. The molecule has 0 amide bonds. The highest BCUT2D eigenvalue weighted by molar-refractivity contribution is 6.13. The number of hydrogen-bond donors (Lipinski definition) is 0. The topological polar surface area (TPSA) is 9.86 Å². The molecule has 0 unspecified atom stereocenters. The van der Waals surface area contributed by atoms with Crippen molar-refractivity contribution in [3.8, 4) is 44.8 Å². The number of para-hydroxylation sites is 1. The molecule has 0 saturated carbocycles. The zero-order valence-corrected chi connectivity index (χ0v) is 29.2. The van der Waals surface area contributed by atoms with Crippen molar-refractivity contribution < 1.29 is 0 Å². The Bertz CT molecular complexity index is 2820. The second kappa shape index (κ2) is 12.0. The van der Waals surface area contributed by atoms with Crippen molar-refractivity contribution in [2.45, 2.75) is 13.8 Å². The van der Waals surface area contributed by atoms with Crippen LogP contribution in [0.3, 0.4) is 0 Å². The molecule has 8 aromatic carbocycles. The molecule has 0 fully saturated rings. The predicted molar refractivity (Wildman–Crippen MR) is 221 cm³/mol. The smallest absolute Gasteiger partial charge is 0.0542 e. The standard InChI is InChI=1S/C50H36N2/c1-33-12-16-37(17-13-33)39-22-27-48-44(30-39)45-31-40(38-18-14-34(2)15-19-38)23-28-49(45)52(48)42-26-29-50-46(32-42)43-10-6-7-11-47(43)51(50)41-24-20-36(21-25-41)35-8-4-3-5-9-35/h3-32H,1-2H3. The molecule has 10 rings (SSSR count). The summed E-state index contributed by atoms with van der Waals surface area (Å²) in [7, 11) is 0. The largest absolute Gasteiger partial charge is 0.309 e. The van der Waals surface area contributed by atoms with Gasteiger partial charge in [-0.05, 0) is 108 Å². The molecule has 0 atom stereocenters. The summed E-state index contributed by atoms with van der Waals surface area (Å²) >= 11 is 0. The minimum Gasteiger partial charge on any atom is -0.309 e. The molecule has 0 aliphatic heterocycles. The van der Waals surface area contributed by atoms with E-state index in [0.29, 0.717) is 0 Å². The number of benzene rings is 8. The van der Waals surface area contributed by atoms with Crippen molar-refractivity contribution in [3.63, 3.8) is 0 Å². The molecule has 2 heteroatoms. The van der Waals surface area contributed by atoms with Gasteiger partial charge in [-0.3, -0.25) is 0 Å². The number of hydrogen-bond acceptors (Lipinski definition) is 0. The lowest BCUT2D eigenvalue weighted by molar-refractivity contribution is 1.17. The number of rotatable bonds is 5. The summed E-state index contributed by atoms with van der Waals surface area (Å²) in [6.45, 7) is 4.28. The fraction of sp³-hybridized carbons (Fsp3) is 0.0400. The maximum atomic E-state index is 2.45. The van der Waals surface area contributed by atoms with Crippen molar-refractivity contribution in [1.82, 2.24) is 9.13 Å². The molecule has 2 heterocycles. The Morgan fingerprint density at radius 3 is 1.25 bits per heavy atom. The molecular formula is C50H36N2. The Balaban J connectivity index is 1.17. The minimum absolute atomic E-state index is 1.15. The second-order valence-electron chi connectivity index (χ2n) is 14.0. The highest BCUT2D eigenvalue weighted by Gasteiger charge is 2.18. The van der Waals surface area contributed by atoms with E-state index < -0.39 is 0 Å². The van der Waals surface area contributed by atoms with Crippen LogP contribution in [0.5, 0.6) is 0 Å². The number of aromatic nitrogens is 2. The van der Waals surface area contributed by atoms with Crippen LogP contribution in [-0.2, 0) is 0 Å². The van der Waals surface area contributed by atoms with Gasteiger partial charge in [-0.25, -0.2) is 0 Å². The molecule has 0 saturated heterocycles. The summed E-state index contributed by atoms with van der Waals surface area (Å²) in [5.74, 6) is 0. The van der Waals surface area contributed by atoms with E-state index in [-0.39, 0.29) is 0 Å². The zero-order chi connectivity index (χ0) is 34.8. The Morgan fingerprint density at radius 2 is 0.654 bits per heavy atom. The Kier molecular flexibility index (Phi) is 6.97. The first-order chi connectivity index (χ1) is 25.6. The van der Waals surface area contributed by atoms with Crippen LogP contribution in [0.25, 0.3) is 88.4 Å². The van der Waals surface area contributed by atoms with Gasteiger partial charge in [0, 0.05) is 32.9 Å². The van der Waals surface area contributed by atoms with Gasteiger partial charge in [0.1, 0.15) is 0 Å². The van der Waals surface area contributed by atoms with E-state index in [1.165, 1.54) is 88.1 Å². The first-order valence-corrected chi connectivity index (χ1v) is 18.0. The highest BCUT2D eigenvalue weighted by Crippen LogP contribution is 2.40. The lowest BCUT2D eigenvalue weighted by Gasteiger charge is -2.11. The predicted octanol–water partition coefficient (Wildman–Crippen LogP) is 13.5. The first kappa shape index (κ1) is 30.2. The average molecular weight is 665 g/mol. The van der Waals surface area contributed by atoms with E-state index in [1.807, 2.05) is 0 Å². The van der Waals surface area contributed by atoms with Crippen LogP contribution in [0, 0.1) is 13.8 Å². The Labute approximate surface area is 303 Å². The van der Waals surface area contributed by atoms with Gasteiger partial charge >= 0.3 is 0 Å². The van der Waals surface area contributed by atoms with Crippen molar-refractivity contribution >= 4 is 43.6 Å². The minimum atomic E-state index is 1.15. The van der Waals surface area contributed by atoms with Gasteiger partial charge in [-0.15, -0.1) is 0 Å². The van der Waals surface area contributed by atoms with Crippen LogP contribution >= 0.6 is 0 Å². The third-order valence-electron chi connectivity index (χ3n) is 10.7. The first-order valence-electron chi connectivity index (χ1n) is 18.0. The average Bonchev–Trinajstić information content (AvgIpc) is 3.70. The second-order valence-corrected chi connectivity index (χ2v) is 14.0. The van der Waals surface area contributed by atoms with Crippen molar-refractivity contribution in [2.24, 2.45) is 0 Å². The molecule has 0 radical (unpaired) electrons. The van der Waals surface area contributed by atoms with Crippen molar-refractivity contribution in [3.05, 3.63) is 193 Å². The molecular weight excluding hydrogens is 629 g/mol. The molecule has 2 nitrogen and oxygen atoms in total. The molecule has 0 bridgehead atoms. The Hall–Kier alpha value is -6.64. The van der Waals surface area contributed by atoms with E-state index >= 15 is 0 Å². The van der Waals surface area contributed by atoms with Gasteiger partial charge in [0.15, 0.2) is 0 Å². The third-order valence-corrected chi connectivity index (χ3v) is 10.7. The van der Waals surface area contributed by atoms with Gasteiger partial charge in [0.2, 0.25) is 0 Å². The highest BCUT2D eigenvalue weighted by atomic mass is 15.0. The van der Waals surface area contributed by atoms with Crippen LogP contribution < -0.4 is 0 Å². The quantitative estimate of drug-likeness (QED) is 0.173. The number of aryl methyl sites for hydroxylation is 2. The Morgan fingerprint density at radius 1 is 0.269 bits per heavy atom. The monoisotopic (exact) mass is 664 g/mol. The van der Waals surface area contributed by atoms with E-state index in [0.717, 1.165) is 11.4 Å². The molecule has 0 N–H and O–H groups in total. The van der Waals surface area contributed by atoms with Gasteiger partial charge in [-0.1, -0.05) is 132 Å².